The zero-order valence-corrected chi connectivity index (χ0v) is 6.84. The lowest BCUT2D eigenvalue weighted by Crippen LogP contribution is -2.08. The summed E-state index contributed by atoms with van der Waals surface area (Å²) < 4.78 is 0. The van der Waals surface area contributed by atoms with E-state index < -0.39 is 0 Å². The summed E-state index contributed by atoms with van der Waals surface area (Å²) in [7, 11) is 0. The third-order valence-electron chi connectivity index (χ3n) is 2.46. The molecule has 0 fully saturated rings. The minimum Gasteiger partial charge on any atom is -0.0885 e. The summed E-state index contributed by atoms with van der Waals surface area (Å²) in [5.41, 5.74) is 0. The summed E-state index contributed by atoms with van der Waals surface area (Å²) >= 11 is 0. The summed E-state index contributed by atoms with van der Waals surface area (Å²) in [6.07, 6.45) is 9.69. The van der Waals surface area contributed by atoms with E-state index in [1.54, 1.807) is 0 Å². The van der Waals surface area contributed by atoms with E-state index in [0.29, 0.717) is 5.92 Å². The Balaban J connectivity index is 2.40. The first-order valence-electron chi connectivity index (χ1n) is 4.29. The second kappa shape index (κ2) is 3.80. The van der Waals surface area contributed by atoms with Crippen LogP contribution in [0, 0.1) is 18.8 Å². The molecule has 0 aromatic carbocycles. The molecule has 0 heterocycles. The van der Waals surface area contributed by atoms with Crippen LogP contribution in [0.4, 0.5) is 0 Å². The van der Waals surface area contributed by atoms with Gasteiger partial charge < -0.3 is 0 Å². The third-order valence-corrected chi connectivity index (χ3v) is 2.46. The van der Waals surface area contributed by atoms with Crippen LogP contribution in [0.1, 0.15) is 32.6 Å². The lowest BCUT2D eigenvalue weighted by molar-refractivity contribution is 0.376. The van der Waals surface area contributed by atoms with E-state index in [1.807, 2.05) is 0 Å². The maximum Gasteiger partial charge on any atom is -0.0348 e. The van der Waals surface area contributed by atoms with E-state index >= 15 is 0 Å². The van der Waals surface area contributed by atoms with Gasteiger partial charge in [-0.3, -0.25) is 0 Å². The van der Waals surface area contributed by atoms with Crippen molar-refractivity contribution in [3.05, 3.63) is 19.1 Å². The van der Waals surface area contributed by atoms with Crippen molar-refractivity contribution in [1.82, 2.24) is 0 Å². The fourth-order valence-corrected chi connectivity index (χ4v) is 1.43. The second-order valence-electron chi connectivity index (χ2n) is 3.36. The lowest BCUT2D eigenvalue weighted by atomic mass is 9.86. The quantitative estimate of drug-likeness (QED) is 0.450. The number of hydrogen-bond acceptors (Lipinski definition) is 0. The van der Waals surface area contributed by atoms with Gasteiger partial charge in [-0.2, -0.15) is 0 Å². The molecule has 0 amide bonds. The molecule has 0 heteroatoms. The van der Waals surface area contributed by atoms with E-state index in [0.717, 1.165) is 5.92 Å². The average molecular weight is 137 g/mol. The van der Waals surface area contributed by atoms with Crippen LogP contribution in [0.2, 0.25) is 0 Å². The van der Waals surface area contributed by atoms with Crippen LogP contribution in [0.25, 0.3) is 0 Å². The van der Waals surface area contributed by atoms with Crippen molar-refractivity contribution in [2.75, 3.05) is 0 Å². The number of allylic oxidation sites excluding steroid dienone is 2. The molecule has 1 aliphatic carbocycles. The highest BCUT2D eigenvalue weighted by Crippen LogP contribution is 2.23. The molecule has 1 radical (unpaired) electrons. The average Bonchev–Trinajstić information content (AvgIpc) is 1.92. The van der Waals surface area contributed by atoms with Crippen molar-refractivity contribution in [2.45, 2.75) is 32.6 Å². The molecule has 10 heavy (non-hydrogen) atoms. The zero-order chi connectivity index (χ0) is 7.40. The van der Waals surface area contributed by atoms with Gasteiger partial charge in [0.05, 0.1) is 0 Å². The van der Waals surface area contributed by atoms with Gasteiger partial charge in [0.2, 0.25) is 0 Å². The van der Waals surface area contributed by atoms with Crippen LogP contribution in [-0.2, 0) is 0 Å². The first-order chi connectivity index (χ1) is 4.80. The van der Waals surface area contributed by atoms with Gasteiger partial charge in [0.25, 0.3) is 0 Å². The van der Waals surface area contributed by atoms with Crippen LogP contribution >= 0.6 is 0 Å². The van der Waals surface area contributed by atoms with E-state index in [2.05, 4.69) is 26.0 Å². The molecule has 0 aromatic heterocycles. The van der Waals surface area contributed by atoms with E-state index in [9.17, 15) is 0 Å². The monoisotopic (exact) mass is 137 g/mol. The Labute approximate surface area is 64.3 Å². The Morgan fingerprint density at radius 1 is 1.20 bits per heavy atom. The highest BCUT2D eigenvalue weighted by atomic mass is 14.2. The standard InChI is InChI=1S/C10H17/c1-9-7-5-3-4-6-8-10(9)2/h3-4,9-10H,1,5-8H2,2H3. The Bertz CT molecular complexity index is 99.2. The number of hydrogen-bond donors (Lipinski definition) is 0. The van der Waals surface area contributed by atoms with Gasteiger partial charge in [0.15, 0.2) is 0 Å². The molecule has 57 valence electrons. The van der Waals surface area contributed by atoms with Gasteiger partial charge in [-0.15, -0.1) is 0 Å². The van der Waals surface area contributed by atoms with Crippen molar-refractivity contribution in [3.8, 4) is 0 Å². The van der Waals surface area contributed by atoms with Gasteiger partial charge in [0, 0.05) is 0 Å². The molecule has 1 aliphatic rings. The van der Waals surface area contributed by atoms with Crippen LogP contribution in [-0.4, -0.2) is 0 Å². The van der Waals surface area contributed by atoms with Crippen molar-refractivity contribution in [3.63, 3.8) is 0 Å². The summed E-state index contributed by atoms with van der Waals surface area (Å²) in [4.78, 5) is 0. The third kappa shape index (κ3) is 2.17. The van der Waals surface area contributed by atoms with Gasteiger partial charge in [0.1, 0.15) is 0 Å². The molecule has 2 unspecified atom stereocenters. The highest BCUT2D eigenvalue weighted by Gasteiger charge is 2.11. The molecule has 0 bridgehead atoms. The van der Waals surface area contributed by atoms with E-state index in [4.69, 9.17) is 0 Å². The Hall–Kier alpha value is -0.260. The Kier molecular flexibility index (Phi) is 2.98. The molecule has 0 N–H and O–H groups in total. The van der Waals surface area contributed by atoms with E-state index in [1.165, 1.54) is 25.7 Å². The van der Waals surface area contributed by atoms with Gasteiger partial charge in [-0.25, -0.2) is 0 Å². The Morgan fingerprint density at radius 3 is 2.50 bits per heavy atom. The first kappa shape index (κ1) is 7.84. The maximum atomic E-state index is 4.15. The minimum atomic E-state index is 0.685. The molecule has 2 atom stereocenters. The smallest absolute Gasteiger partial charge is 0.0348 e. The van der Waals surface area contributed by atoms with Crippen molar-refractivity contribution in [2.24, 2.45) is 11.8 Å². The molecule has 1 rings (SSSR count). The van der Waals surface area contributed by atoms with Crippen molar-refractivity contribution < 1.29 is 0 Å². The minimum absolute atomic E-state index is 0.685. The fraction of sp³-hybridized carbons (Fsp3) is 0.700. The normalized spacial score (nSPS) is 35.0. The predicted octanol–water partition coefficient (Wildman–Crippen LogP) is 3.20. The zero-order valence-electron chi connectivity index (χ0n) is 6.84. The Morgan fingerprint density at radius 2 is 1.80 bits per heavy atom. The summed E-state index contributed by atoms with van der Waals surface area (Å²) in [6.45, 7) is 6.46. The van der Waals surface area contributed by atoms with Crippen LogP contribution in [0.15, 0.2) is 12.2 Å². The number of rotatable bonds is 0. The molecule has 0 saturated carbocycles. The van der Waals surface area contributed by atoms with Gasteiger partial charge in [-0.05, 0) is 44.4 Å². The molecule has 0 nitrogen and oxygen atoms in total. The van der Waals surface area contributed by atoms with E-state index in [-0.39, 0.29) is 0 Å². The van der Waals surface area contributed by atoms with Crippen LogP contribution < -0.4 is 0 Å². The SMILES string of the molecule is [CH2]C1CCC=CCCC1C. The highest BCUT2D eigenvalue weighted by molar-refractivity contribution is 4.87. The van der Waals surface area contributed by atoms with Gasteiger partial charge >= 0.3 is 0 Å². The van der Waals surface area contributed by atoms with Crippen LogP contribution in [0.3, 0.4) is 0 Å². The summed E-state index contributed by atoms with van der Waals surface area (Å²) in [5, 5.41) is 0. The molecular weight excluding hydrogens is 120 g/mol. The molecule has 0 saturated heterocycles. The first-order valence-corrected chi connectivity index (χ1v) is 4.29. The van der Waals surface area contributed by atoms with Crippen molar-refractivity contribution in [1.29, 1.82) is 0 Å². The summed E-state index contributed by atoms with van der Waals surface area (Å²) in [5.74, 6) is 1.51. The lowest BCUT2D eigenvalue weighted by Gasteiger charge is -2.19. The van der Waals surface area contributed by atoms with Gasteiger partial charge in [-0.1, -0.05) is 19.1 Å². The topological polar surface area (TPSA) is 0 Å². The van der Waals surface area contributed by atoms with Crippen molar-refractivity contribution >= 4 is 0 Å². The second-order valence-corrected chi connectivity index (χ2v) is 3.36. The maximum absolute atomic E-state index is 4.15. The summed E-state index contributed by atoms with van der Waals surface area (Å²) in [6, 6.07) is 0. The molecular formula is C10H17. The molecule has 0 aliphatic heterocycles. The molecule has 0 aromatic rings. The largest absolute Gasteiger partial charge is 0.0885 e. The molecule has 0 spiro atoms. The fourth-order valence-electron chi connectivity index (χ4n) is 1.43. The van der Waals surface area contributed by atoms with Crippen LogP contribution in [0.5, 0.6) is 0 Å². The predicted molar refractivity (Wildman–Crippen MR) is 45.6 cm³/mol.